The summed E-state index contributed by atoms with van der Waals surface area (Å²) in [6, 6.07) is 13.5. The van der Waals surface area contributed by atoms with Gasteiger partial charge < -0.3 is 9.72 Å². The summed E-state index contributed by atoms with van der Waals surface area (Å²) in [4.78, 5) is 3.17. The summed E-state index contributed by atoms with van der Waals surface area (Å²) >= 11 is 5.43. The minimum Gasteiger partial charge on any atom is -0.497 e. The number of fused-ring (bicyclic) bond motifs is 1. The Morgan fingerprint density at radius 1 is 1.24 bits per heavy atom. The van der Waals surface area contributed by atoms with Crippen molar-refractivity contribution in [3.8, 4) is 17.5 Å². The van der Waals surface area contributed by atoms with Gasteiger partial charge in [0.25, 0.3) is 0 Å². The van der Waals surface area contributed by atoms with Crippen LogP contribution in [0.15, 0.2) is 36.4 Å². The second-order valence-corrected chi connectivity index (χ2v) is 5.15. The molecule has 0 spiro atoms. The maximum absolute atomic E-state index is 9.08. The molecule has 1 N–H and O–H groups in total. The molecule has 0 unspecified atom stereocenters. The Morgan fingerprint density at radius 3 is 2.71 bits per heavy atom. The van der Waals surface area contributed by atoms with Crippen LogP contribution in [0.25, 0.3) is 16.7 Å². The molecule has 5 heteroatoms. The van der Waals surface area contributed by atoms with Crippen LogP contribution in [0.5, 0.6) is 5.75 Å². The first-order valence-corrected chi connectivity index (χ1v) is 6.85. The molecule has 0 aliphatic heterocycles. The second kappa shape index (κ2) is 5.08. The standard InChI is InChI=1S/C16H13N3OS/c1-10-7-12(20-2)4-6-14(10)19-15-8-11(9-17)3-5-13(15)18-16(19)21/h3-8H,1-2H3,(H,18,21). The molecule has 2 aromatic carbocycles. The average molecular weight is 295 g/mol. The molecule has 0 saturated heterocycles. The molecule has 0 radical (unpaired) electrons. The molecule has 3 rings (SSSR count). The minimum atomic E-state index is 0.605. The minimum absolute atomic E-state index is 0.605. The molecule has 1 heterocycles. The molecule has 0 amide bonds. The summed E-state index contributed by atoms with van der Waals surface area (Å²) in [5.74, 6) is 0.806. The van der Waals surface area contributed by atoms with Gasteiger partial charge in [0.15, 0.2) is 4.77 Å². The van der Waals surface area contributed by atoms with Gasteiger partial charge in [-0.15, -0.1) is 0 Å². The van der Waals surface area contributed by atoms with Gasteiger partial charge in [0, 0.05) is 0 Å². The molecule has 0 fully saturated rings. The number of ether oxygens (including phenoxy) is 1. The summed E-state index contributed by atoms with van der Waals surface area (Å²) in [6.07, 6.45) is 0. The van der Waals surface area contributed by atoms with E-state index in [2.05, 4.69) is 11.1 Å². The maximum Gasteiger partial charge on any atom is 0.182 e. The monoisotopic (exact) mass is 295 g/mol. The smallest absolute Gasteiger partial charge is 0.182 e. The van der Waals surface area contributed by atoms with Crippen LogP contribution in [-0.4, -0.2) is 16.7 Å². The highest BCUT2D eigenvalue weighted by Gasteiger charge is 2.10. The molecule has 1 aromatic heterocycles. The average Bonchev–Trinajstić information content (AvgIpc) is 2.82. The van der Waals surface area contributed by atoms with Crippen molar-refractivity contribution in [1.82, 2.24) is 9.55 Å². The van der Waals surface area contributed by atoms with Crippen LogP contribution in [0, 0.1) is 23.0 Å². The molecule has 0 atom stereocenters. The fourth-order valence-electron chi connectivity index (χ4n) is 2.42. The fraction of sp³-hybridized carbons (Fsp3) is 0.125. The number of rotatable bonds is 2. The number of H-pyrrole nitrogens is 1. The zero-order valence-electron chi connectivity index (χ0n) is 11.7. The lowest BCUT2D eigenvalue weighted by Gasteiger charge is -2.10. The SMILES string of the molecule is COc1ccc(-n2c(=S)[nH]c3ccc(C#N)cc32)c(C)c1. The first kappa shape index (κ1) is 13.4. The lowest BCUT2D eigenvalue weighted by atomic mass is 10.1. The normalized spacial score (nSPS) is 10.5. The Bertz CT molecular complexity index is 931. The third-order valence-electron chi connectivity index (χ3n) is 3.46. The van der Waals surface area contributed by atoms with Gasteiger partial charge in [-0.3, -0.25) is 4.57 Å². The summed E-state index contributed by atoms with van der Waals surface area (Å²) in [5, 5.41) is 9.08. The highest BCUT2D eigenvalue weighted by atomic mass is 32.1. The van der Waals surface area contributed by atoms with Crippen LogP contribution in [-0.2, 0) is 0 Å². The van der Waals surface area contributed by atoms with E-state index in [1.54, 1.807) is 13.2 Å². The number of nitriles is 1. The van der Waals surface area contributed by atoms with E-state index in [0.717, 1.165) is 28.0 Å². The van der Waals surface area contributed by atoms with Crippen molar-refractivity contribution in [2.45, 2.75) is 6.92 Å². The van der Waals surface area contributed by atoms with Gasteiger partial charge in [-0.1, -0.05) is 0 Å². The molecule has 0 saturated carbocycles. The predicted octanol–water partition coefficient (Wildman–Crippen LogP) is 3.88. The van der Waals surface area contributed by atoms with Crippen molar-refractivity contribution in [2.75, 3.05) is 7.11 Å². The van der Waals surface area contributed by atoms with Gasteiger partial charge in [0.1, 0.15) is 5.75 Å². The highest BCUT2D eigenvalue weighted by Crippen LogP contribution is 2.25. The summed E-state index contributed by atoms with van der Waals surface area (Å²) in [6.45, 7) is 2.01. The van der Waals surface area contributed by atoms with E-state index in [-0.39, 0.29) is 0 Å². The van der Waals surface area contributed by atoms with Crippen LogP contribution in [0.4, 0.5) is 0 Å². The van der Waals surface area contributed by atoms with E-state index >= 15 is 0 Å². The molecule has 0 bridgehead atoms. The van der Waals surface area contributed by atoms with E-state index in [9.17, 15) is 0 Å². The van der Waals surface area contributed by atoms with Crippen LogP contribution in [0.1, 0.15) is 11.1 Å². The number of hydrogen-bond acceptors (Lipinski definition) is 3. The number of aryl methyl sites for hydroxylation is 1. The first-order valence-electron chi connectivity index (χ1n) is 6.44. The maximum atomic E-state index is 9.08. The number of nitrogens with one attached hydrogen (secondary N) is 1. The van der Waals surface area contributed by atoms with E-state index in [1.165, 1.54) is 0 Å². The zero-order chi connectivity index (χ0) is 15.0. The molecular weight excluding hydrogens is 282 g/mol. The lowest BCUT2D eigenvalue weighted by molar-refractivity contribution is 0.414. The molecular formula is C16H13N3OS. The number of imidazole rings is 1. The van der Waals surface area contributed by atoms with Crippen LogP contribution in [0.2, 0.25) is 0 Å². The van der Waals surface area contributed by atoms with Crippen LogP contribution >= 0.6 is 12.2 Å². The molecule has 3 aromatic rings. The van der Waals surface area contributed by atoms with Crippen molar-refractivity contribution in [1.29, 1.82) is 5.26 Å². The number of nitrogens with zero attached hydrogens (tertiary/aromatic N) is 2. The predicted molar refractivity (Wildman–Crippen MR) is 84.5 cm³/mol. The first-order chi connectivity index (χ1) is 10.1. The zero-order valence-corrected chi connectivity index (χ0v) is 12.5. The number of aromatic nitrogens is 2. The Labute approximate surface area is 127 Å². The van der Waals surface area contributed by atoms with Crippen molar-refractivity contribution in [2.24, 2.45) is 0 Å². The van der Waals surface area contributed by atoms with Gasteiger partial charge >= 0.3 is 0 Å². The van der Waals surface area contributed by atoms with E-state index in [0.29, 0.717) is 10.3 Å². The Hall–Kier alpha value is -2.58. The molecule has 21 heavy (non-hydrogen) atoms. The van der Waals surface area contributed by atoms with Crippen LogP contribution in [0.3, 0.4) is 0 Å². The van der Waals surface area contributed by atoms with Gasteiger partial charge in [-0.05, 0) is 61.1 Å². The quantitative estimate of drug-likeness (QED) is 0.730. The summed E-state index contributed by atoms with van der Waals surface area (Å²) in [7, 11) is 1.64. The number of benzene rings is 2. The molecule has 0 aliphatic carbocycles. The van der Waals surface area contributed by atoms with Crippen molar-refractivity contribution in [3.63, 3.8) is 0 Å². The Morgan fingerprint density at radius 2 is 2.05 bits per heavy atom. The van der Waals surface area contributed by atoms with Crippen molar-refractivity contribution in [3.05, 3.63) is 52.3 Å². The molecule has 4 nitrogen and oxygen atoms in total. The van der Waals surface area contributed by atoms with Crippen molar-refractivity contribution >= 4 is 23.3 Å². The summed E-state index contributed by atoms with van der Waals surface area (Å²) in [5.41, 5.74) is 4.44. The largest absolute Gasteiger partial charge is 0.497 e. The topological polar surface area (TPSA) is 53.7 Å². The van der Waals surface area contributed by atoms with Crippen molar-refractivity contribution < 1.29 is 4.74 Å². The van der Waals surface area contributed by atoms with Gasteiger partial charge in [0.2, 0.25) is 0 Å². The van der Waals surface area contributed by atoms with Crippen LogP contribution < -0.4 is 4.74 Å². The molecule has 0 aliphatic rings. The van der Waals surface area contributed by atoms with Gasteiger partial charge in [-0.2, -0.15) is 5.26 Å². The summed E-state index contributed by atoms with van der Waals surface area (Å²) < 4.78 is 7.79. The van der Waals surface area contributed by atoms with E-state index < -0.39 is 0 Å². The Kier molecular flexibility index (Phi) is 3.24. The van der Waals surface area contributed by atoms with E-state index in [1.807, 2.05) is 41.8 Å². The van der Waals surface area contributed by atoms with Gasteiger partial charge in [0.05, 0.1) is 35.5 Å². The third-order valence-corrected chi connectivity index (χ3v) is 3.74. The Balaban J connectivity index is 2.32. The number of methoxy groups -OCH3 is 1. The third kappa shape index (κ3) is 2.20. The van der Waals surface area contributed by atoms with Gasteiger partial charge in [-0.25, -0.2) is 0 Å². The highest BCUT2D eigenvalue weighted by molar-refractivity contribution is 7.71. The van der Waals surface area contributed by atoms with E-state index in [4.69, 9.17) is 22.2 Å². The number of hydrogen-bond donors (Lipinski definition) is 1. The second-order valence-electron chi connectivity index (χ2n) is 4.76. The molecule has 104 valence electrons. The fourth-order valence-corrected chi connectivity index (χ4v) is 2.72. The lowest BCUT2D eigenvalue weighted by Crippen LogP contribution is -1.98. The number of aromatic amines is 1.